The van der Waals surface area contributed by atoms with Crippen LogP contribution < -0.4 is 5.32 Å². The van der Waals surface area contributed by atoms with Crippen molar-refractivity contribution in [2.24, 2.45) is 0 Å². The van der Waals surface area contributed by atoms with Gasteiger partial charge in [0.25, 0.3) is 0 Å². The fourth-order valence-corrected chi connectivity index (χ4v) is 1.94. The molecule has 112 valence electrons. The number of ether oxygens (including phenoxy) is 1. The molecule has 0 spiro atoms. The van der Waals surface area contributed by atoms with Crippen molar-refractivity contribution >= 4 is 5.97 Å². The van der Waals surface area contributed by atoms with Crippen LogP contribution in [-0.2, 0) is 11.3 Å². The summed E-state index contributed by atoms with van der Waals surface area (Å²) in [6.45, 7) is 5.01. The summed E-state index contributed by atoms with van der Waals surface area (Å²) in [6, 6.07) is 11.6. The summed E-state index contributed by atoms with van der Waals surface area (Å²) < 4.78 is 10.5. The van der Waals surface area contributed by atoms with Crippen LogP contribution in [0.1, 0.15) is 36.4 Å². The first-order valence-corrected chi connectivity index (χ1v) is 7.15. The lowest BCUT2D eigenvalue weighted by atomic mass is 10.1. The van der Waals surface area contributed by atoms with Gasteiger partial charge in [-0.25, -0.2) is 4.79 Å². The highest BCUT2D eigenvalue weighted by atomic mass is 16.5. The van der Waals surface area contributed by atoms with E-state index >= 15 is 0 Å². The molecular weight excluding hydrogens is 266 g/mol. The average molecular weight is 287 g/mol. The number of hydrogen-bond donors (Lipinski definition) is 1. The molecule has 0 aliphatic carbocycles. The van der Waals surface area contributed by atoms with Crippen molar-refractivity contribution in [2.75, 3.05) is 7.11 Å². The summed E-state index contributed by atoms with van der Waals surface area (Å²) in [5.41, 5.74) is 1.48. The zero-order chi connectivity index (χ0) is 15.2. The van der Waals surface area contributed by atoms with Crippen LogP contribution in [0.3, 0.4) is 0 Å². The Kier molecular flexibility index (Phi) is 5.17. The largest absolute Gasteiger partial charge is 0.465 e. The Balaban J connectivity index is 2.05. The molecule has 0 fully saturated rings. The molecule has 1 N–H and O–H groups in total. The molecule has 0 bridgehead atoms. The topological polar surface area (TPSA) is 51.5 Å². The monoisotopic (exact) mass is 287 g/mol. The van der Waals surface area contributed by atoms with Gasteiger partial charge in [-0.15, -0.1) is 0 Å². The maximum absolute atomic E-state index is 11.4. The van der Waals surface area contributed by atoms with Crippen LogP contribution in [0.5, 0.6) is 0 Å². The van der Waals surface area contributed by atoms with Crippen LogP contribution in [0, 0.1) is 0 Å². The van der Waals surface area contributed by atoms with Gasteiger partial charge in [-0.3, -0.25) is 0 Å². The lowest BCUT2D eigenvalue weighted by Gasteiger charge is -2.09. The summed E-state index contributed by atoms with van der Waals surface area (Å²) in [5.74, 6) is 1.37. The number of esters is 1. The van der Waals surface area contributed by atoms with Crippen LogP contribution in [0.2, 0.25) is 0 Å². The Morgan fingerprint density at radius 3 is 2.57 bits per heavy atom. The van der Waals surface area contributed by atoms with E-state index in [9.17, 15) is 4.79 Å². The number of benzene rings is 1. The van der Waals surface area contributed by atoms with Gasteiger partial charge in [0.2, 0.25) is 0 Å². The normalized spacial score (nSPS) is 12.1. The fraction of sp³-hybridized carbons (Fsp3) is 0.353. The highest BCUT2D eigenvalue weighted by Crippen LogP contribution is 2.22. The molecule has 2 aromatic rings. The lowest BCUT2D eigenvalue weighted by molar-refractivity contribution is 0.0601. The van der Waals surface area contributed by atoms with Crippen LogP contribution in [-0.4, -0.2) is 19.1 Å². The molecule has 1 aromatic carbocycles. The standard InChI is InChI=1S/C17H21NO3/c1-4-12(2)18-11-15-9-10-16(21-15)13-5-7-14(8-6-13)17(19)20-3/h5-10,12,18H,4,11H2,1-3H3/t12-/m1/s1. The SMILES string of the molecule is CC[C@@H](C)NCc1ccc(-c2ccc(C(=O)OC)cc2)o1. The fourth-order valence-electron chi connectivity index (χ4n) is 1.94. The molecule has 1 aromatic heterocycles. The number of methoxy groups -OCH3 is 1. The summed E-state index contributed by atoms with van der Waals surface area (Å²) >= 11 is 0. The van der Waals surface area contributed by atoms with Crippen molar-refractivity contribution in [1.29, 1.82) is 0 Å². The molecule has 0 saturated carbocycles. The highest BCUT2D eigenvalue weighted by molar-refractivity contribution is 5.89. The van der Waals surface area contributed by atoms with Gasteiger partial charge in [0.1, 0.15) is 11.5 Å². The van der Waals surface area contributed by atoms with E-state index < -0.39 is 0 Å². The van der Waals surface area contributed by atoms with Crippen LogP contribution in [0.15, 0.2) is 40.8 Å². The zero-order valence-corrected chi connectivity index (χ0v) is 12.7. The van der Waals surface area contributed by atoms with Gasteiger partial charge >= 0.3 is 5.97 Å². The molecule has 0 saturated heterocycles. The van der Waals surface area contributed by atoms with Gasteiger partial charge in [-0.2, -0.15) is 0 Å². The zero-order valence-electron chi connectivity index (χ0n) is 12.7. The number of carbonyl (C=O) groups is 1. The third-order valence-electron chi connectivity index (χ3n) is 3.49. The second-order valence-electron chi connectivity index (χ2n) is 5.03. The molecule has 4 nitrogen and oxygen atoms in total. The first kappa shape index (κ1) is 15.3. The predicted octanol–water partition coefficient (Wildman–Crippen LogP) is 3.62. The first-order chi connectivity index (χ1) is 10.1. The smallest absolute Gasteiger partial charge is 0.337 e. The van der Waals surface area contributed by atoms with Gasteiger partial charge in [0, 0.05) is 11.6 Å². The van der Waals surface area contributed by atoms with E-state index in [-0.39, 0.29) is 5.97 Å². The second-order valence-corrected chi connectivity index (χ2v) is 5.03. The van der Waals surface area contributed by atoms with E-state index in [4.69, 9.17) is 4.42 Å². The van der Waals surface area contributed by atoms with E-state index in [1.807, 2.05) is 24.3 Å². The van der Waals surface area contributed by atoms with E-state index in [2.05, 4.69) is 23.9 Å². The molecule has 1 heterocycles. The first-order valence-electron chi connectivity index (χ1n) is 7.15. The number of carbonyl (C=O) groups excluding carboxylic acids is 1. The second kappa shape index (κ2) is 7.09. The molecule has 0 aliphatic heterocycles. The molecule has 4 heteroatoms. The van der Waals surface area contributed by atoms with Crippen molar-refractivity contribution in [3.63, 3.8) is 0 Å². The molecule has 2 rings (SSSR count). The van der Waals surface area contributed by atoms with E-state index in [1.165, 1.54) is 7.11 Å². The predicted molar refractivity (Wildman–Crippen MR) is 82.1 cm³/mol. The van der Waals surface area contributed by atoms with Crippen LogP contribution >= 0.6 is 0 Å². The number of rotatable bonds is 6. The van der Waals surface area contributed by atoms with E-state index in [0.717, 1.165) is 30.0 Å². The van der Waals surface area contributed by atoms with Crippen molar-refractivity contribution in [2.45, 2.75) is 32.9 Å². The third kappa shape index (κ3) is 3.95. The minimum atomic E-state index is -0.334. The van der Waals surface area contributed by atoms with Crippen LogP contribution in [0.25, 0.3) is 11.3 Å². The van der Waals surface area contributed by atoms with Crippen molar-refractivity contribution in [3.8, 4) is 11.3 Å². The Morgan fingerprint density at radius 2 is 1.95 bits per heavy atom. The number of furan rings is 1. The Bertz CT molecular complexity index is 586. The molecule has 0 radical (unpaired) electrons. The van der Waals surface area contributed by atoms with Crippen molar-refractivity contribution < 1.29 is 13.9 Å². The Labute approximate surface area is 125 Å². The Morgan fingerprint density at radius 1 is 1.24 bits per heavy atom. The third-order valence-corrected chi connectivity index (χ3v) is 3.49. The quantitative estimate of drug-likeness (QED) is 0.824. The van der Waals surface area contributed by atoms with Gasteiger partial charge < -0.3 is 14.5 Å². The summed E-state index contributed by atoms with van der Waals surface area (Å²) in [4.78, 5) is 11.4. The number of nitrogens with one attached hydrogen (secondary N) is 1. The highest BCUT2D eigenvalue weighted by Gasteiger charge is 2.08. The van der Waals surface area contributed by atoms with Gasteiger partial charge in [0.15, 0.2) is 0 Å². The molecule has 0 amide bonds. The Hall–Kier alpha value is -2.07. The van der Waals surface area contributed by atoms with Gasteiger partial charge in [0.05, 0.1) is 19.2 Å². The minimum Gasteiger partial charge on any atom is -0.465 e. The molecule has 0 aliphatic rings. The molecule has 1 atom stereocenters. The van der Waals surface area contributed by atoms with E-state index in [1.54, 1.807) is 12.1 Å². The molecule has 21 heavy (non-hydrogen) atoms. The molecule has 0 unspecified atom stereocenters. The van der Waals surface area contributed by atoms with Crippen molar-refractivity contribution in [3.05, 3.63) is 47.7 Å². The minimum absolute atomic E-state index is 0.334. The summed E-state index contributed by atoms with van der Waals surface area (Å²) in [7, 11) is 1.37. The van der Waals surface area contributed by atoms with Crippen molar-refractivity contribution in [1.82, 2.24) is 5.32 Å². The van der Waals surface area contributed by atoms with Gasteiger partial charge in [-0.1, -0.05) is 19.1 Å². The average Bonchev–Trinajstić information content (AvgIpc) is 3.00. The molecular formula is C17H21NO3. The summed E-state index contributed by atoms with van der Waals surface area (Å²) in [5, 5.41) is 3.39. The van der Waals surface area contributed by atoms with E-state index in [0.29, 0.717) is 11.6 Å². The maximum Gasteiger partial charge on any atom is 0.337 e. The maximum atomic E-state index is 11.4. The van der Waals surface area contributed by atoms with Crippen LogP contribution in [0.4, 0.5) is 0 Å². The lowest BCUT2D eigenvalue weighted by Crippen LogP contribution is -2.24. The number of hydrogen-bond acceptors (Lipinski definition) is 4. The summed E-state index contributed by atoms with van der Waals surface area (Å²) in [6.07, 6.45) is 1.09. The van der Waals surface area contributed by atoms with Gasteiger partial charge in [-0.05, 0) is 37.6 Å².